The summed E-state index contributed by atoms with van der Waals surface area (Å²) in [5.74, 6) is 0.460. The lowest BCUT2D eigenvalue weighted by Gasteiger charge is -2.44. The first-order valence-electron chi connectivity index (χ1n) is 8.41. The Bertz CT molecular complexity index is 638. The highest BCUT2D eigenvalue weighted by molar-refractivity contribution is 6.28. The number of nitrogens with zero attached hydrogens (tertiary/aromatic N) is 5. The molecule has 2 aliphatic rings. The number of halogens is 2. The maximum Gasteiger partial charge on any atom is 0.410 e. The van der Waals surface area contributed by atoms with Crippen LogP contribution in [0.4, 0.5) is 15.0 Å². The molecule has 1 aromatic heterocycles. The minimum absolute atomic E-state index is 0.0347. The quantitative estimate of drug-likeness (QED) is 0.796. The molecule has 0 aliphatic carbocycles. The molecule has 3 rings (SSSR count). The van der Waals surface area contributed by atoms with Crippen molar-refractivity contribution in [1.29, 1.82) is 0 Å². The molecule has 2 aliphatic heterocycles. The molecule has 25 heavy (non-hydrogen) atoms. The highest BCUT2D eigenvalue weighted by atomic mass is 35.5. The second-order valence-corrected chi connectivity index (χ2v) is 7.97. The topological polar surface area (TPSA) is 71.5 Å². The van der Waals surface area contributed by atoms with Crippen molar-refractivity contribution in [2.45, 2.75) is 69.9 Å². The van der Waals surface area contributed by atoms with Crippen molar-refractivity contribution in [3.8, 4) is 0 Å². The highest BCUT2D eigenvalue weighted by Crippen LogP contribution is 2.40. The van der Waals surface area contributed by atoms with Crippen molar-refractivity contribution in [2.24, 2.45) is 0 Å². The van der Waals surface area contributed by atoms with Gasteiger partial charge in [0, 0.05) is 13.1 Å². The van der Waals surface area contributed by atoms with Gasteiger partial charge in [0.2, 0.25) is 5.28 Å². The number of anilines is 1. The Balaban J connectivity index is 1.76. The molecule has 0 saturated carbocycles. The second-order valence-electron chi connectivity index (χ2n) is 7.63. The van der Waals surface area contributed by atoms with Gasteiger partial charge in [-0.1, -0.05) is 0 Å². The fourth-order valence-corrected chi connectivity index (χ4v) is 3.77. The zero-order chi connectivity index (χ0) is 18.4. The number of carbonyl (C=O) groups excluding carboxylic acids is 1. The van der Waals surface area contributed by atoms with Crippen LogP contribution in [0.5, 0.6) is 0 Å². The van der Waals surface area contributed by atoms with Crippen molar-refractivity contribution in [2.75, 3.05) is 11.9 Å². The van der Waals surface area contributed by atoms with E-state index in [1.165, 1.54) is 6.20 Å². The molecule has 2 saturated heterocycles. The van der Waals surface area contributed by atoms with Gasteiger partial charge >= 0.3 is 6.09 Å². The van der Waals surface area contributed by atoms with Crippen molar-refractivity contribution < 1.29 is 13.9 Å². The summed E-state index contributed by atoms with van der Waals surface area (Å²) in [7, 11) is 1.76. The fourth-order valence-electron chi connectivity index (χ4n) is 3.68. The molecule has 0 spiro atoms. The number of hydrogen-bond acceptors (Lipinski definition) is 6. The molecule has 1 amide bonds. The molecule has 3 heterocycles. The van der Waals surface area contributed by atoms with Gasteiger partial charge in [-0.05, 0) is 51.6 Å². The van der Waals surface area contributed by atoms with Gasteiger partial charge in [0.05, 0.1) is 18.3 Å². The van der Waals surface area contributed by atoms with Crippen LogP contribution in [-0.2, 0) is 4.74 Å². The molecule has 1 aromatic rings. The van der Waals surface area contributed by atoms with E-state index in [1.807, 2.05) is 20.8 Å². The standard InChI is InChI=1S/C16H23ClFN5O2/c1-16(2,3)25-15(24)23-9-5-6-10(23)13(18)11(7-9)22(4)12-8-19-14(17)21-20-12/h8-11,13H,5-7H2,1-4H3/t9-,10+,11-,13+/m1/s1. The summed E-state index contributed by atoms with van der Waals surface area (Å²) in [6.45, 7) is 5.44. The predicted molar refractivity (Wildman–Crippen MR) is 91.4 cm³/mol. The van der Waals surface area contributed by atoms with Crippen LogP contribution in [0.15, 0.2) is 6.20 Å². The van der Waals surface area contributed by atoms with Gasteiger partial charge in [-0.3, -0.25) is 4.90 Å². The number of amides is 1. The highest BCUT2D eigenvalue weighted by Gasteiger charge is 2.52. The Morgan fingerprint density at radius 2 is 2.12 bits per heavy atom. The first-order valence-corrected chi connectivity index (χ1v) is 8.78. The van der Waals surface area contributed by atoms with Crippen LogP contribution < -0.4 is 4.90 Å². The van der Waals surface area contributed by atoms with Crippen LogP contribution in [0.1, 0.15) is 40.0 Å². The summed E-state index contributed by atoms with van der Waals surface area (Å²) in [5.41, 5.74) is -0.597. The summed E-state index contributed by atoms with van der Waals surface area (Å²) >= 11 is 5.66. The van der Waals surface area contributed by atoms with Gasteiger partial charge in [0.1, 0.15) is 11.8 Å². The minimum Gasteiger partial charge on any atom is -0.444 e. The van der Waals surface area contributed by atoms with E-state index in [0.717, 1.165) is 6.42 Å². The number of alkyl halides is 1. The van der Waals surface area contributed by atoms with Gasteiger partial charge in [-0.25, -0.2) is 14.2 Å². The largest absolute Gasteiger partial charge is 0.444 e. The number of hydrogen-bond donors (Lipinski definition) is 0. The number of rotatable bonds is 2. The second kappa shape index (κ2) is 6.55. The minimum atomic E-state index is -1.20. The van der Waals surface area contributed by atoms with Crippen LogP contribution in [0.25, 0.3) is 0 Å². The SMILES string of the molecule is CN(c1cnc(Cl)nn1)[C@@H]1C[C@H]2CC[C@@H]([C@@H]1F)N2C(=O)OC(C)(C)C. The van der Waals surface area contributed by atoms with Crippen LogP contribution >= 0.6 is 11.6 Å². The lowest BCUT2D eigenvalue weighted by molar-refractivity contribution is -0.0104. The number of aromatic nitrogens is 3. The third kappa shape index (κ3) is 3.63. The Morgan fingerprint density at radius 1 is 1.40 bits per heavy atom. The third-order valence-corrected chi connectivity index (χ3v) is 4.95. The lowest BCUT2D eigenvalue weighted by atomic mass is 9.94. The maximum absolute atomic E-state index is 15.2. The third-order valence-electron chi connectivity index (χ3n) is 4.78. The van der Waals surface area contributed by atoms with Crippen LogP contribution in [0.2, 0.25) is 5.28 Å². The molecule has 0 radical (unpaired) electrons. The molecule has 138 valence electrons. The van der Waals surface area contributed by atoms with Gasteiger partial charge in [0.15, 0.2) is 5.82 Å². The summed E-state index contributed by atoms with van der Waals surface area (Å²) in [4.78, 5) is 19.7. The average molecular weight is 372 g/mol. The first-order chi connectivity index (χ1) is 11.7. The van der Waals surface area contributed by atoms with Crippen molar-refractivity contribution in [3.05, 3.63) is 11.5 Å². The maximum atomic E-state index is 15.2. The Labute approximate surface area is 151 Å². The molecule has 0 N–H and O–H groups in total. The van der Waals surface area contributed by atoms with E-state index >= 15 is 4.39 Å². The summed E-state index contributed by atoms with van der Waals surface area (Å²) in [6, 6.07) is -0.907. The normalized spacial score (nSPS) is 28.8. The number of carbonyl (C=O) groups is 1. The van der Waals surface area contributed by atoms with E-state index in [-0.39, 0.29) is 11.3 Å². The van der Waals surface area contributed by atoms with E-state index in [4.69, 9.17) is 16.3 Å². The van der Waals surface area contributed by atoms with Gasteiger partial charge in [0.25, 0.3) is 0 Å². The van der Waals surface area contributed by atoms with Gasteiger partial charge in [-0.15, -0.1) is 10.2 Å². The monoisotopic (exact) mass is 371 g/mol. The lowest BCUT2D eigenvalue weighted by Crippen LogP contribution is -2.59. The number of piperidine rings is 1. The van der Waals surface area contributed by atoms with Crippen molar-refractivity contribution in [3.63, 3.8) is 0 Å². The van der Waals surface area contributed by atoms with Gasteiger partial charge in [-0.2, -0.15) is 0 Å². The van der Waals surface area contributed by atoms with Crippen LogP contribution in [0, 0.1) is 0 Å². The molecule has 2 bridgehead atoms. The molecule has 0 unspecified atom stereocenters. The Hall–Kier alpha value is -1.70. The van der Waals surface area contributed by atoms with E-state index in [0.29, 0.717) is 18.7 Å². The molecule has 4 atom stereocenters. The summed E-state index contributed by atoms with van der Waals surface area (Å²) < 4.78 is 20.7. The Kier molecular flexibility index (Phi) is 4.74. The molecular weight excluding hydrogens is 349 g/mol. The van der Waals surface area contributed by atoms with Crippen molar-refractivity contribution in [1.82, 2.24) is 20.1 Å². The van der Waals surface area contributed by atoms with Gasteiger partial charge < -0.3 is 9.64 Å². The van der Waals surface area contributed by atoms with Crippen LogP contribution in [-0.4, -0.2) is 63.1 Å². The van der Waals surface area contributed by atoms with E-state index < -0.39 is 29.9 Å². The van der Waals surface area contributed by atoms with Crippen LogP contribution in [0.3, 0.4) is 0 Å². The molecular formula is C16H23ClFN5O2. The summed E-state index contributed by atoms with van der Waals surface area (Å²) in [5, 5.41) is 7.73. The van der Waals surface area contributed by atoms with E-state index in [2.05, 4.69) is 15.2 Å². The zero-order valence-electron chi connectivity index (χ0n) is 14.8. The first kappa shape index (κ1) is 18.1. The molecule has 2 fully saturated rings. The molecule has 9 heteroatoms. The van der Waals surface area contributed by atoms with E-state index in [9.17, 15) is 4.79 Å². The Morgan fingerprint density at radius 3 is 2.72 bits per heavy atom. The smallest absolute Gasteiger partial charge is 0.410 e. The van der Waals surface area contributed by atoms with E-state index in [1.54, 1.807) is 16.8 Å². The number of fused-ring (bicyclic) bond motifs is 2. The fraction of sp³-hybridized carbons (Fsp3) is 0.750. The molecule has 0 aromatic carbocycles. The zero-order valence-corrected chi connectivity index (χ0v) is 15.6. The van der Waals surface area contributed by atoms with Crippen molar-refractivity contribution >= 4 is 23.5 Å². The predicted octanol–water partition coefficient (Wildman–Crippen LogP) is 2.84. The average Bonchev–Trinajstić information content (AvgIpc) is 2.87. The number of ether oxygens (including phenoxy) is 1. The summed E-state index contributed by atoms with van der Waals surface area (Å²) in [6.07, 6.45) is 1.77. The molecule has 7 nitrogen and oxygen atoms in total.